The van der Waals surface area contributed by atoms with Crippen molar-refractivity contribution >= 4 is 58.8 Å². The van der Waals surface area contributed by atoms with Crippen molar-refractivity contribution in [1.82, 2.24) is 10.6 Å². The van der Waals surface area contributed by atoms with Gasteiger partial charge in [0.2, 0.25) is 11.8 Å². The van der Waals surface area contributed by atoms with E-state index in [-0.39, 0.29) is 29.8 Å². The average molecular weight is 574 g/mol. The van der Waals surface area contributed by atoms with Gasteiger partial charge in [0, 0.05) is 13.3 Å². The zero-order valence-corrected chi connectivity index (χ0v) is 23.0. The van der Waals surface area contributed by atoms with Crippen molar-refractivity contribution < 1.29 is 44.1 Å². The van der Waals surface area contributed by atoms with Crippen LogP contribution in [0.2, 0.25) is 0 Å². The molecule has 0 heterocycles. The number of nitrogens with zero attached hydrogens (tertiary/aromatic N) is 1. The molecule has 5 N–H and O–H groups in total. The maximum Gasteiger partial charge on any atom is 0.395 e. The van der Waals surface area contributed by atoms with E-state index in [1.165, 1.54) is 55.1 Å². The van der Waals surface area contributed by atoms with Gasteiger partial charge in [0.1, 0.15) is 12.1 Å². The quantitative estimate of drug-likeness (QED) is 0.222. The van der Waals surface area contributed by atoms with Gasteiger partial charge in [-0.15, -0.1) is 0 Å². The Kier molecular flexibility index (Phi) is 11.7. The number of carbonyl (C=O) groups excluding carboxylic acids is 3. The summed E-state index contributed by atoms with van der Waals surface area (Å²) in [4.78, 5) is 73.5. The van der Waals surface area contributed by atoms with Crippen LogP contribution in [0.25, 0.3) is 0 Å². The Morgan fingerprint density at radius 3 is 2.15 bits per heavy atom. The van der Waals surface area contributed by atoms with Crippen molar-refractivity contribution in [1.29, 1.82) is 0 Å². The molecule has 12 nitrogen and oxygen atoms in total. The van der Waals surface area contributed by atoms with Gasteiger partial charge in [0.05, 0.1) is 16.9 Å². The minimum absolute atomic E-state index is 0.0356. The van der Waals surface area contributed by atoms with E-state index in [9.17, 15) is 44.1 Å². The molecule has 13 heteroatoms. The molecule has 0 saturated carbocycles. The molecule has 0 bridgehead atoms. The third-order valence-electron chi connectivity index (χ3n) is 5.89. The largest absolute Gasteiger partial charge is 0.480 e. The molecule has 2 atom stereocenters. The summed E-state index contributed by atoms with van der Waals surface area (Å²) < 4.78 is 0. The molecular formula is C27H31N3O9S. The van der Waals surface area contributed by atoms with E-state index in [2.05, 4.69) is 10.6 Å². The summed E-state index contributed by atoms with van der Waals surface area (Å²) >= 11 is 1.43. The molecule has 0 fully saturated rings. The van der Waals surface area contributed by atoms with Crippen molar-refractivity contribution in [3.05, 3.63) is 59.2 Å². The fourth-order valence-electron chi connectivity index (χ4n) is 4.02. The molecule has 0 saturated heterocycles. The predicted octanol–water partition coefficient (Wildman–Crippen LogP) is 2.07. The van der Waals surface area contributed by atoms with Gasteiger partial charge >= 0.3 is 23.8 Å². The first kappa shape index (κ1) is 31.8. The zero-order chi connectivity index (χ0) is 30.0. The van der Waals surface area contributed by atoms with Crippen LogP contribution in [-0.4, -0.2) is 75.0 Å². The highest BCUT2D eigenvalue weighted by atomic mass is 32.2. The van der Waals surface area contributed by atoms with Crippen molar-refractivity contribution in [2.45, 2.75) is 45.2 Å². The number of aliphatic carboxylic acids is 2. The van der Waals surface area contributed by atoms with E-state index in [4.69, 9.17) is 0 Å². The second-order valence-electron chi connectivity index (χ2n) is 8.72. The van der Waals surface area contributed by atoms with Crippen LogP contribution >= 0.6 is 11.8 Å². The summed E-state index contributed by atoms with van der Waals surface area (Å²) in [5, 5.41) is 33.6. The Morgan fingerprint density at radius 1 is 0.925 bits per heavy atom. The first-order valence-corrected chi connectivity index (χ1v) is 13.6. The summed E-state index contributed by atoms with van der Waals surface area (Å²) in [6.07, 6.45) is 2.26. The van der Waals surface area contributed by atoms with E-state index in [1.807, 2.05) is 0 Å². The van der Waals surface area contributed by atoms with Crippen LogP contribution in [-0.2, 0) is 36.8 Å². The molecule has 0 spiro atoms. The molecule has 0 unspecified atom stereocenters. The van der Waals surface area contributed by atoms with Crippen molar-refractivity contribution in [2.75, 3.05) is 16.9 Å². The minimum Gasteiger partial charge on any atom is -0.480 e. The number of aryl methyl sites for hydroxylation is 1. The highest BCUT2D eigenvalue weighted by Crippen LogP contribution is 2.33. The van der Waals surface area contributed by atoms with Crippen molar-refractivity contribution in [2.24, 2.45) is 0 Å². The van der Waals surface area contributed by atoms with E-state index >= 15 is 0 Å². The number of para-hydroxylation sites is 1. The van der Waals surface area contributed by atoms with Crippen LogP contribution in [0.15, 0.2) is 42.5 Å². The SMILES string of the molecule is CCc1cc(C[C@H](NC(C)=O)C(=O)N[C@H](CCSC)C(=O)O)ccc1N(C(=O)C(=O)O)c1ccccc1C(=O)O. The number of aromatic carboxylic acids is 1. The third kappa shape index (κ3) is 8.30. The van der Waals surface area contributed by atoms with Crippen LogP contribution in [0.1, 0.15) is 41.8 Å². The molecule has 214 valence electrons. The van der Waals surface area contributed by atoms with Crippen LogP contribution < -0.4 is 15.5 Å². The van der Waals surface area contributed by atoms with Gasteiger partial charge in [0.25, 0.3) is 0 Å². The molecule has 40 heavy (non-hydrogen) atoms. The normalized spacial score (nSPS) is 12.1. The second-order valence-corrected chi connectivity index (χ2v) is 9.71. The number of carboxylic acid groups (broad SMARTS) is 3. The fraction of sp³-hybridized carbons (Fsp3) is 0.333. The number of hydrogen-bond donors (Lipinski definition) is 5. The van der Waals surface area contributed by atoms with Crippen molar-refractivity contribution in [3.8, 4) is 0 Å². The minimum atomic E-state index is -1.79. The fourth-order valence-corrected chi connectivity index (χ4v) is 4.49. The van der Waals surface area contributed by atoms with Gasteiger partial charge in [-0.1, -0.05) is 31.2 Å². The topological polar surface area (TPSA) is 190 Å². The maximum absolute atomic E-state index is 13.0. The molecule has 2 rings (SSSR count). The van der Waals surface area contributed by atoms with Gasteiger partial charge in [-0.05, 0) is 54.2 Å². The Labute approximate surface area is 234 Å². The number of anilines is 2. The van der Waals surface area contributed by atoms with Crippen LogP contribution in [0.5, 0.6) is 0 Å². The van der Waals surface area contributed by atoms with Crippen LogP contribution in [0.3, 0.4) is 0 Å². The molecule has 3 amide bonds. The van der Waals surface area contributed by atoms with Crippen molar-refractivity contribution in [3.63, 3.8) is 0 Å². The Morgan fingerprint density at radius 2 is 1.60 bits per heavy atom. The maximum atomic E-state index is 13.0. The monoisotopic (exact) mass is 573 g/mol. The Balaban J connectivity index is 2.50. The molecule has 0 aliphatic heterocycles. The number of nitrogens with one attached hydrogen (secondary N) is 2. The number of rotatable bonds is 13. The lowest BCUT2D eigenvalue weighted by molar-refractivity contribution is -0.148. The van der Waals surface area contributed by atoms with Gasteiger partial charge in [-0.3, -0.25) is 19.3 Å². The van der Waals surface area contributed by atoms with E-state index < -0.39 is 47.7 Å². The summed E-state index contributed by atoms with van der Waals surface area (Å²) in [7, 11) is 0. The lowest BCUT2D eigenvalue weighted by Crippen LogP contribution is -2.52. The molecule has 0 aromatic heterocycles. The summed E-state index contributed by atoms with van der Waals surface area (Å²) in [5.41, 5.74) is 0.721. The van der Waals surface area contributed by atoms with E-state index in [0.29, 0.717) is 23.3 Å². The molecule has 0 radical (unpaired) electrons. The molecular weight excluding hydrogens is 542 g/mol. The molecule has 2 aromatic carbocycles. The Bertz CT molecular complexity index is 1300. The number of amides is 3. The molecule has 0 aliphatic carbocycles. The van der Waals surface area contributed by atoms with E-state index in [0.717, 1.165) is 4.90 Å². The summed E-state index contributed by atoms with van der Waals surface area (Å²) in [6, 6.07) is 7.81. The molecule has 0 aliphatic rings. The lowest BCUT2D eigenvalue weighted by Gasteiger charge is -2.26. The van der Waals surface area contributed by atoms with Gasteiger partial charge in [0.15, 0.2) is 0 Å². The second kappa shape index (κ2) is 14.7. The highest BCUT2D eigenvalue weighted by Gasteiger charge is 2.30. The number of carboxylic acids is 3. The summed E-state index contributed by atoms with van der Waals surface area (Å²) in [5.74, 6) is -6.41. The van der Waals surface area contributed by atoms with Gasteiger partial charge < -0.3 is 26.0 Å². The predicted molar refractivity (Wildman–Crippen MR) is 148 cm³/mol. The number of carbonyl (C=O) groups is 6. The summed E-state index contributed by atoms with van der Waals surface area (Å²) in [6.45, 7) is 2.97. The number of benzene rings is 2. The van der Waals surface area contributed by atoms with Crippen LogP contribution in [0.4, 0.5) is 11.4 Å². The van der Waals surface area contributed by atoms with E-state index in [1.54, 1.807) is 19.2 Å². The van der Waals surface area contributed by atoms with Gasteiger partial charge in [-0.25, -0.2) is 14.4 Å². The zero-order valence-electron chi connectivity index (χ0n) is 22.2. The third-order valence-corrected chi connectivity index (χ3v) is 6.53. The standard InChI is InChI=1S/C27H31N3O9S/c1-4-17-13-16(14-20(28-15(2)31)23(32)29-19(26(36)37)11-12-40-3)9-10-21(17)30(24(33)27(38)39)22-8-6-5-7-18(22)25(34)35/h5-10,13,19-20H,4,11-12,14H2,1-3H3,(H,28,31)(H,29,32)(H,34,35)(H,36,37)(H,38,39)/t19-,20+/m1/s1. The first-order valence-electron chi connectivity index (χ1n) is 12.2. The van der Waals surface area contributed by atoms with Crippen LogP contribution in [0, 0.1) is 0 Å². The van der Waals surface area contributed by atoms with Gasteiger partial charge in [-0.2, -0.15) is 11.8 Å². The molecule has 2 aromatic rings. The number of thioether (sulfide) groups is 1. The number of hydrogen-bond acceptors (Lipinski definition) is 7. The Hall–Kier alpha value is -4.39. The average Bonchev–Trinajstić information content (AvgIpc) is 2.90. The highest BCUT2D eigenvalue weighted by molar-refractivity contribution is 7.98. The lowest BCUT2D eigenvalue weighted by atomic mass is 9.98. The smallest absolute Gasteiger partial charge is 0.395 e. The first-order chi connectivity index (χ1) is 18.9.